The van der Waals surface area contributed by atoms with Crippen molar-refractivity contribution < 1.29 is 0 Å². The lowest BCUT2D eigenvalue weighted by Crippen LogP contribution is -2.03. The summed E-state index contributed by atoms with van der Waals surface area (Å²) in [6, 6.07) is 42.2. The van der Waals surface area contributed by atoms with E-state index in [9.17, 15) is 0 Å². The summed E-state index contributed by atoms with van der Waals surface area (Å²) in [5, 5.41) is 8.31. The quantitative estimate of drug-likeness (QED) is 0.200. The molecule has 0 atom stereocenters. The van der Waals surface area contributed by atoms with Gasteiger partial charge in [0.25, 0.3) is 0 Å². The Labute approximate surface area is 244 Å². The molecular weight excluding hydrogens is 533 g/mol. The average molecular weight is 553 g/mol. The third-order valence-electron chi connectivity index (χ3n) is 8.20. The van der Waals surface area contributed by atoms with Gasteiger partial charge in [-0.25, -0.2) is 14.8 Å². The molecule has 42 heavy (non-hydrogen) atoms. The van der Waals surface area contributed by atoms with E-state index in [1.807, 2.05) is 24.3 Å². The van der Waals surface area contributed by atoms with E-state index in [0.29, 0.717) is 5.69 Å². The van der Waals surface area contributed by atoms with Crippen LogP contribution in [0.4, 0.5) is 5.69 Å². The van der Waals surface area contributed by atoms with Crippen molar-refractivity contribution in [3.8, 4) is 17.1 Å². The third kappa shape index (κ3) is 3.27. The summed E-state index contributed by atoms with van der Waals surface area (Å²) in [5.41, 5.74) is 5.42. The van der Waals surface area contributed by atoms with Crippen LogP contribution in [0.15, 0.2) is 121 Å². The minimum absolute atomic E-state index is 0.603. The molecule has 9 rings (SSSR count). The number of hydrogen-bond donors (Lipinski definition) is 0. The number of fused-ring (bicyclic) bond motifs is 9. The number of hydrogen-bond acceptors (Lipinski definition) is 3. The van der Waals surface area contributed by atoms with E-state index in [1.54, 1.807) is 11.3 Å². The molecule has 0 amide bonds. The van der Waals surface area contributed by atoms with E-state index in [2.05, 4.69) is 106 Å². The van der Waals surface area contributed by atoms with Gasteiger partial charge in [0.15, 0.2) is 11.5 Å². The molecule has 0 N–H and O–H groups in total. The van der Waals surface area contributed by atoms with Gasteiger partial charge >= 0.3 is 0 Å². The molecule has 0 radical (unpaired) electrons. The Hall–Kier alpha value is -5.57. The Morgan fingerprint density at radius 3 is 2.14 bits per heavy atom. The number of nitrogens with zero attached hydrogens (tertiary/aromatic N) is 4. The van der Waals surface area contributed by atoms with Crippen molar-refractivity contribution in [1.29, 1.82) is 0 Å². The van der Waals surface area contributed by atoms with Crippen LogP contribution in [-0.4, -0.2) is 14.5 Å². The monoisotopic (exact) mass is 552 g/mol. The summed E-state index contributed by atoms with van der Waals surface area (Å²) in [6.45, 7) is 7.45. The van der Waals surface area contributed by atoms with Crippen LogP contribution >= 0.6 is 11.3 Å². The molecule has 0 spiro atoms. The van der Waals surface area contributed by atoms with Crippen LogP contribution in [0.25, 0.3) is 85.7 Å². The van der Waals surface area contributed by atoms with E-state index < -0.39 is 0 Å². The van der Waals surface area contributed by atoms with Crippen molar-refractivity contribution in [1.82, 2.24) is 14.5 Å². The molecule has 6 aromatic carbocycles. The lowest BCUT2D eigenvalue weighted by molar-refractivity contribution is 1.09. The molecule has 0 aliphatic carbocycles. The maximum atomic E-state index is 7.45. The highest BCUT2D eigenvalue weighted by Gasteiger charge is 2.22. The molecule has 9 aromatic rings. The normalized spacial score (nSPS) is 11.8. The fourth-order valence-electron chi connectivity index (χ4n) is 6.26. The van der Waals surface area contributed by atoms with E-state index in [1.165, 1.54) is 32.3 Å². The first-order chi connectivity index (χ1) is 20.8. The van der Waals surface area contributed by atoms with Gasteiger partial charge in [0.1, 0.15) is 16.0 Å². The Morgan fingerprint density at radius 1 is 0.619 bits per heavy atom. The first-order valence-electron chi connectivity index (χ1n) is 13.8. The third-order valence-corrected chi connectivity index (χ3v) is 9.25. The highest BCUT2D eigenvalue weighted by Crippen LogP contribution is 2.42. The lowest BCUT2D eigenvalue weighted by Gasteiger charge is -2.13. The SMILES string of the molecule is [C-]#[N+]c1ccc(-c2nc3sc4ccccc4c3nc2-n2c3cc4ccccc4cc3c3c4ccccc4ccc32)cc1. The number of benzene rings is 6. The predicted molar refractivity (Wildman–Crippen MR) is 176 cm³/mol. The second-order valence-electron chi connectivity index (χ2n) is 10.5. The summed E-state index contributed by atoms with van der Waals surface area (Å²) in [5.74, 6) is 0.784. The molecule has 0 aliphatic rings. The van der Waals surface area contributed by atoms with Crippen LogP contribution in [0.1, 0.15) is 0 Å². The molecule has 0 saturated carbocycles. The van der Waals surface area contributed by atoms with Gasteiger partial charge in [-0.05, 0) is 45.8 Å². The summed E-state index contributed by atoms with van der Waals surface area (Å²) in [6.07, 6.45) is 0. The molecule has 3 aromatic heterocycles. The minimum atomic E-state index is 0.603. The highest BCUT2D eigenvalue weighted by molar-refractivity contribution is 7.25. The molecule has 0 unspecified atom stereocenters. The van der Waals surface area contributed by atoms with Crippen molar-refractivity contribution >= 4 is 80.8 Å². The van der Waals surface area contributed by atoms with Crippen molar-refractivity contribution in [3.05, 3.63) is 133 Å². The molecular formula is C37H20N4S. The molecule has 0 aliphatic heterocycles. The van der Waals surface area contributed by atoms with Crippen LogP contribution in [-0.2, 0) is 0 Å². The standard InChI is InChI=1S/C37H20N4S/c1-38-26-17-14-23(15-18-26)34-36(39-35-28-12-6-7-13-32(28)42-37(35)40-34)41-30-19-16-22-8-4-5-11-27(22)33(30)29-20-24-9-2-3-10-25(24)21-31(29)41/h2-21H. The van der Waals surface area contributed by atoms with E-state index in [0.717, 1.165) is 48.5 Å². The van der Waals surface area contributed by atoms with Crippen LogP contribution in [0, 0.1) is 6.57 Å². The second-order valence-corrected chi connectivity index (χ2v) is 11.6. The molecule has 0 bridgehead atoms. The van der Waals surface area contributed by atoms with Crippen LogP contribution in [0.3, 0.4) is 0 Å². The zero-order chi connectivity index (χ0) is 27.8. The summed E-state index contributed by atoms with van der Waals surface area (Å²) in [4.78, 5) is 15.2. The van der Waals surface area contributed by atoms with E-state index in [-0.39, 0.29) is 0 Å². The van der Waals surface area contributed by atoms with Gasteiger partial charge in [-0.2, -0.15) is 0 Å². The van der Waals surface area contributed by atoms with Gasteiger partial charge in [-0.1, -0.05) is 97.1 Å². The first kappa shape index (κ1) is 23.2. The summed E-state index contributed by atoms with van der Waals surface area (Å²) < 4.78 is 3.46. The zero-order valence-corrected chi connectivity index (χ0v) is 23.1. The topological polar surface area (TPSA) is 35.1 Å². The minimum Gasteiger partial charge on any atom is -0.292 e. The molecule has 4 nitrogen and oxygen atoms in total. The van der Waals surface area contributed by atoms with Crippen LogP contribution in [0.2, 0.25) is 0 Å². The van der Waals surface area contributed by atoms with E-state index in [4.69, 9.17) is 16.5 Å². The van der Waals surface area contributed by atoms with Crippen molar-refractivity contribution in [2.45, 2.75) is 0 Å². The summed E-state index contributed by atoms with van der Waals surface area (Å²) >= 11 is 1.66. The lowest BCUT2D eigenvalue weighted by atomic mass is 10.0. The Morgan fingerprint density at radius 2 is 1.33 bits per heavy atom. The Balaban J connectivity index is 1.49. The average Bonchev–Trinajstić information content (AvgIpc) is 3.57. The number of rotatable bonds is 2. The van der Waals surface area contributed by atoms with Crippen molar-refractivity contribution in [3.63, 3.8) is 0 Å². The van der Waals surface area contributed by atoms with Gasteiger partial charge in [0.05, 0.1) is 17.6 Å². The van der Waals surface area contributed by atoms with Crippen molar-refractivity contribution in [2.24, 2.45) is 0 Å². The van der Waals surface area contributed by atoms with Gasteiger partial charge in [-0.15, -0.1) is 11.3 Å². The molecule has 5 heteroatoms. The smallest absolute Gasteiger partial charge is 0.187 e. The maximum absolute atomic E-state index is 7.45. The Bertz CT molecular complexity index is 2580. The number of aromatic nitrogens is 3. The highest BCUT2D eigenvalue weighted by atomic mass is 32.1. The van der Waals surface area contributed by atoms with Gasteiger partial charge < -0.3 is 0 Å². The Kier molecular flexibility index (Phi) is 4.81. The molecule has 3 heterocycles. The van der Waals surface area contributed by atoms with Gasteiger partial charge in [-0.3, -0.25) is 4.57 Å². The van der Waals surface area contributed by atoms with Gasteiger partial charge in [0.2, 0.25) is 0 Å². The van der Waals surface area contributed by atoms with Gasteiger partial charge in [0, 0.05) is 26.4 Å². The summed E-state index contributed by atoms with van der Waals surface area (Å²) in [7, 11) is 0. The second kappa shape index (κ2) is 8.71. The predicted octanol–water partition coefficient (Wildman–Crippen LogP) is 10.5. The zero-order valence-electron chi connectivity index (χ0n) is 22.2. The maximum Gasteiger partial charge on any atom is 0.187 e. The largest absolute Gasteiger partial charge is 0.292 e. The fourth-order valence-corrected chi connectivity index (χ4v) is 7.28. The van der Waals surface area contributed by atoms with Crippen LogP contribution in [0.5, 0.6) is 0 Å². The molecule has 194 valence electrons. The molecule has 0 saturated heterocycles. The van der Waals surface area contributed by atoms with E-state index >= 15 is 0 Å². The fraction of sp³-hybridized carbons (Fsp3) is 0. The molecule has 0 fully saturated rings. The van der Waals surface area contributed by atoms with Crippen molar-refractivity contribution in [2.75, 3.05) is 0 Å². The van der Waals surface area contributed by atoms with Crippen LogP contribution < -0.4 is 0 Å². The first-order valence-corrected chi connectivity index (χ1v) is 14.6. The number of thiophene rings is 1.